The third-order valence-corrected chi connectivity index (χ3v) is 10.2. The monoisotopic (exact) mass is 640 g/mol. The highest BCUT2D eigenvalue weighted by Crippen LogP contribution is 2.46. The summed E-state index contributed by atoms with van der Waals surface area (Å²) >= 11 is 5.15. The van der Waals surface area contributed by atoms with Crippen molar-refractivity contribution in [2.24, 2.45) is 15.9 Å². The molecule has 2 amide bonds. The third kappa shape index (κ3) is 7.11. The van der Waals surface area contributed by atoms with E-state index in [9.17, 15) is 23.9 Å². The van der Waals surface area contributed by atoms with E-state index in [0.29, 0.717) is 10.7 Å². The zero-order valence-electron chi connectivity index (χ0n) is 21.4. The van der Waals surface area contributed by atoms with Crippen LogP contribution in [0.2, 0.25) is 0 Å². The number of aliphatic imine (C=N–C) groups is 1. The number of rotatable bonds is 13. The van der Waals surface area contributed by atoms with Crippen molar-refractivity contribution in [3.63, 3.8) is 0 Å². The molecule has 2 aromatic heterocycles. The number of hydrogen-bond acceptors (Lipinski definition) is 13. The van der Waals surface area contributed by atoms with Gasteiger partial charge in [0.05, 0.1) is 12.4 Å². The van der Waals surface area contributed by atoms with Crippen LogP contribution in [0.15, 0.2) is 54.4 Å². The molecule has 1 unspecified atom stereocenters. The van der Waals surface area contributed by atoms with E-state index in [2.05, 4.69) is 25.4 Å². The Kier molecular flexibility index (Phi) is 10.5. The highest BCUT2D eigenvalue weighted by Gasteiger charge is 2.54. The molecule has 0 aromatic carbocycles. The summed E-state index contributed by atoms with van der Waals surface area (Å²) in [6.07, 6.45) is 4.56. The van der Waals surface area contributed by atoms with Gasteiger partial charge < -0.3 is 26.7 Å². The number of carbonyl (C=O) groups excluding carboxylic acids is 2. The molecule has 3 atom stereocenters. The number of nitrogen functional groups attached to an aromatic ring is 1. The first-order valence-corrected chi connectivity index (χ1v) is 15.7. The maximum atomic E-state index is 13.2. The quantitative estimate of drug-likeness (QED) is 0.0619. The lowest BCUT2D eigenvalue weighted by Gasteiger charge is -2.49. The number of alkyl halides is 1. The third-order valence-electron chi connectivity index (χ3n) is 5.53. The van der Waals surface area contributed by atoms with E-state index < -0.39 is 35.9 Å². The second kappa shape index (κ2) is 14.0. The van der Waals surface area contributed by atoms with Crippen LogP contribution >= 0.6 is 46.6 Å². The van der Waals surface area contributed by atoms with E-state index >= 15 is 0 Å². The second-order valence-corrected chi connectivity index (χ2v) is 12.5. The van der Waals surface area contributed by atoms with Gasteiger partial charge in [-0.2, -0.15) is 0 Å². The van der Waals surface area contributed by atoms with Crippen LogP contribution in [0.25, 0.3) is 0 Å². The van der Waals surface area contributed by atoms with Crippen molar-refractivity contribution in [3.05, 3.63) is 40.1 Å². The average Bonchev–Trinajstić information content (AvgIpc) is 3.38. The molecule has 0 radical (unpaired) electrons. The lowest BCUT2D eigenvalue weighted by atomic mass is 10.0. The van der Waals surface area contributed by atoms with Crippen molar-refractivity contribution in [2.45, 2.75) is 34.2 Å². The number of β-lactam (4-membered cyclic amide) rings is 1. The molecule has 13 nitrogen and oxygen atoms in total. The fourth-order valence-electron chi connectivity index (χ4n) is 3.72. The summed E-state index contributed by atoms with van der Waals surface area (Å²) in [5.74, 6) is -1.72. The van der Waals surface area contributed by atoms with Gasteiger partial charge in [-0.05, 0) is 13.0 Å². The van der Waals surface area contributed by atoms with Crippen molar-refractivity contribution in [1.29, 1.82) is 0 Å². The average molecular weight is 641 g/mol. The van der Waals surface area contributed by atoms with Gasteiger partial charge in [0.1, 0.15) is 36.1 Å². The molecule has 6 N–H and O–H groups in total. The van der Waals surface area contributed by atoms with Crippen molar-refractivity contribution >= 4 is 81.6 Å². The summed E-state index contributed by atoms with van der Waals surface area (Å²) in [7, 11) is 0. The van der Waals surface area contributed by atoms with Crippen LogP contribution in [-0.2, 0) is 19.2 Å². The number of hydrogen-bond donors (Lipinski definition) is 4. The number of halogens is 1. The van der Waals surface area contributed by atoms with Gasteiger partial charge in [0.2, 0.25) is 0 Å². The maximum absolute atomic E-state index is 13.2. The van der Waals surface area contributed by atoms with Crippen molar-refractivity contribution < 1.29 is 28.7 Å². The van der Waals surface area contributed by atoms with Crippen LogP contribution in [-0.4, -0.2) is 92.1 Å². The first-order valence-electron chi connectivity index (χ1n) is 11.9. The molecule has 1 fully saturated rings. The molecule has 41 heavy (non-hydrogen) atoms. The number of aromatic nitrogens is 2. The van der Waals surface area contributed by atoms with Crippen molar-refractivity contribution in [1.82, 2.24) is 20.2 Å². The van der Waals surface area contributed by atoms with E-state index in [1.807, 2.05) is 6.92 Å². The molecule has 18 heteroatoms. The predicted octanol–water partition coefficient (Wildman–Crippen LogP) is 1.77. The number of thiazole rings is 1. The number of pyridine rings is 1. The number of carboxylic acids is 1. The Morgan fingerprint density at radius 1 is 1.44 bits per heavy atom. The fourth-order valence-corrected chi connectivity index (χ4v) is 7.88. The molecule has 218 valence electrons. The summed E-state index contributed by atoms with van der Waals surface area (Å²) in [6.45, 7) is 0.723. The highest BCUT2D eigenvalue weighted by molar-refractivity contribution is 8.07. The Morgan fingerprint density at radius 3 is 2.93 bits per heavy atom. The number of nitrogens with zero attached hydrogens (tertiary/aromatic N) is 5. The van der Waals surface area contributed by atoms with E-state index in [1.165, 1.54) is 51.9 Å². The van der Waals surface area contributed by atoms with Gasteiger partial charge in [0.25, 0.3) is 11.8 Å². The number of carboxylic acid groups (broad SMARTS) is 1. The lowest BCUT2D eigenvalue weighted by molar-refractivity contribution is -0.150. The Morgan fingerprint density at radius 2 is 2.24 bits per heavy atom. The van der Waals surface area contributed by atoms with Crippen LogP contribution < -0.4 is 16.8 Å². The molecular weight excluding hydrogens is 616 g/mol. The molecule has 2 aliphatic heterocycles. The summed E-state index contributed by atoms with van der Waals surface area (Å²) < 4.78 is 12.5. The fraction of sp³-hybridized carbons (Fsp3) is 0.348. The number of nitrogens with two attached hydrogens (primary N) is 2. The van der Waals surface area contributed by atoms with Gasteiger partial charge in [0.15, 0.2) is 10.8 Å². The minimum Gasteiger partial charge on any atom is -0.477 e. The van der Waals surface area contributed by atoms with Crippen LogP contribution in [0, 0.1) is 0 Å². The number of aliphatic carboxylic acids is 1. The molecule has 0 spiro atoms. The number of fused-ring (bicyclic) bond motifs is 1. The van der Waals surface area contributed by atoms with E-state index in [-0.39, 0.29) is 40.6 Å². The van der Waals surface area contributed by atoms with Crippen LogP contribution in [0.4, 0.5) is 9.52 Å². The number of thioether (sulfide) groups is 3. The number of carbonyl (C=O) groups is 3. The lowest BCUT2D eigenvalue weighted by Crippen LogP contribution is -2.71. The largest absolute Gasteiger partial charge is 0.477 e. The second-order valence-electron chi connectivity index (χ2n) is 8.35. The van der Waals surface area contributed by atoms with E-state index in [0.717, 1.165) is 21.1 Å². The maximum Gasteiger partial charge on any atom is 0.353 e. The van der Waals surface area contributed by atoms with Crippen molar-refractivity contribution in [2.75, 3.05) is 30.5 Å². The van der Waals surface area contributed by atoms with Gasteiger partial charge in [-0.15, -0.1) is 34.9 Å². The zero-order chi connectivity index (χ0) is 29.5. The first kappa shape index (κ1) is 30.6. The van der Waals surface area contributed by atoms with E-state index in [1.54, 1.807) is 18.5 Å². The molecule has 4 rings (SSSR count). The Bertz CT molecular complexity index is 1400. The molecule has 4 heterocycles. The number of amides is 2. The Hall–Kier alpha value is -3.35. The Balaban J connectivity index is 1.51. The molecule has 0 aliphatic carbocycles. The van der Waals surface area contributed by atoms with Gasteiger partial charge >= 0.3 is 5.97 Å². The molecule has 0 saturated carbocycles. The van der Waals surface area contributed by atoms with Gasteiger partial charge in [-0.3, -0.25) is 24.5 Å². The van der Waals surface area contributed by atoms with E-state index in [4.69, 9.17) is 16.3 Å². The summed E-state index contributed by atoms with van der Waals surface area (Å²) in [5.41, 5.74) is 10.7. The SMILES string of the molecule is CC(CSc1cnccc1SC1=C(C(=O)O)N2C(=O)[C@@H](NC(=O)C(=NOCCF)c3csc(N)n3)[C@@H]2SC1)N=CN. The molecule has 1 saturated heterocycles. The van der Waals surface area contributed by atoms with Gasteiger partial charge in [0, 0.05) is 44.0 Å². The van der Waals surface area contributed by atoms with Crippen LogP contribution in [0.1, 0.15) is 12.6 Å². The zero-order valence-corrected chi connectivity index (χ0v) is 24.7. The van der Waals surface area contributed by atoms with Crippen molar-refractivity contribution in [3.8, 4) is 0 Å². The Labute approximate surface area is 250 Å². The molecular formula is C23H25FN8O5S4. The molecule has 2 aromatic rings. The minimum atomic E-state index is -1.26. The number of anilines is 1. The predicted molar refractivity (Wildman–Crippen MR) is 158 cm³/mol. The summed E-state index contributed by atoms with van der Waals surface area (Å²) in [6, 6.07) is 0.736. The summed E-state index contributed by atoms with van der Waals surface area (Å²) in [5, 5.41) is 17.3. The smallest absolute Gasteiger partial charge is 0.353 e. The number of nitrogens with one attached hydrogen (secondary N) is 1. The highest BCUT2D eigenvalue weighted by atomic mass is 32.2. The minimum absolute atomic E-state index is 0.0256. The molecule has 0 bridgehead atoms. The van der Waals surface area contributed by atoms with Gasteiger partial charge in [-0.1, -0.05) is 16.9 Å². The van der Waals surface area contributed by atoms with Crippen LogP contribution in [0.3, 0.4) is 0 Å². The number of oxime groups is 1. The topological polar surface area (TPSA) is 198 Å². The normalized spacial score (nSPS) is 19.6. The van der Waals surface area contributed by atoms with Crippen LogP contribution in [0.5, 0.6) is 0 Å². The first-order chi connectivity index (χ1) is 19.7. The summed E-state index contributed by atoms with van der Waals surface area (Å²) in [4.78, 5) is 59.0. The van der Waals surface area contributed by atoms with Gasteiger partial charge in [-0.25, -0.2) is 14.2 Å². The molecule has 2 aliphatic rings. The standard InChI is InChI=1S/C23H25FN8O5S4/c1-11(28-10-25)7-38-14-6-27-4-2-13(14)41-15-9-39-21-17(20(34)32(21)18(15)22(35)36)30-19(33)16(31-37-5-3-24)12-8-40-23(26)29-12/h2,4,6,8,10-11,17,21H,3,5,7,9H2,1H3,(H2,25,28)(H2,26,29)(H,30,33)(H,35,36)/t11?,17-,21+/m1/s1.